The van der Waals surface area contributed by atoms with Gasteiger partial charge in [-0.25, -0.2) is 9.97 Å². The van der Waals surface area contributed by atoms with Crippen LogP contribution in [0.2, 0.25) is 0 Å². The van der Waals surface area contributed by atoms with Crippen LogP contribution < -0.4 is 14.4 Å². The Kier molecular flexibility index (Phi) is 4.73. The number of fused-ring (bicyclic) bond motifs is 2. The average Bonchev–Trinajstić information content (AvgIpc) is 3.36. The lowest BCUT2D eigenvalue weighted by atomic mass is 9.79. The maximum absolute atomic E-state index is 13.8. The molecular formula is C22H26N4O4. The van der Waals surface area contributed by atoms with Crippen molar-refractivity contribution in [3.63, 3.8) is 0 Å². The zero-order chi connectivity index (χ0) is 20.7. The number of anilines is 1. The average molecular weight is 410 g/mol. The first kappa shape index (κ1) is 19.1. The Morgan fingerprint density at radius 2 is 1.90 bits per heavy atom. The minimum absolute atomic E-state index is 0.153. The molecule has 8 nitrogen and oxygen atoms in total. The van der Waals surface area contributed by atoms with Crippen molar-refractivity contribution in [3.8, 4) is 11.5 Å². The number of benzene rings is 1. The van der Waals surface area contributed by atoms with Gasteiger partial charge in [0, 0.05) is 44.5 Å². The van der Waals surface area contributed by atoms with Crippen LogP contribution in [-0.2, 0) is 22.5 Å². The molecular weight excluding hydrogens is 384 g/mol. The van der Waals surface area contributed by atoms with E-state index in [4.69, 9.17) is 14.2 Å². The molecule has 0 bridgehead atoms. The van der Waals surface area contributed by atoms with Gasteiger partial charge in [0.2, 0.25) is 11.9 Å². The molecule has 158 valence electrons. The monoisotopic (exact) mass is 410 g/mol. The third-order valence-electron chi connectivity index (χ3n) is 6.64. The Hall–Kier alpha value is -2.87. The maximum Gasteiger partial charge on any atom is 0.233 e. The van der Waals surface area contributed by atoms with Gasteiger partial charge in [-0.3, -0.25) is 4.79 Å². The number of carbonyl (C=O) groups is 1. The van der Waals surface area contributed by atoms with Crippen LogP contribution in [0.4, 0.5) is 5.95 Å². The van der Waals surface area contributed by atoms with E-state index in [0.29, 0.717) is 44.5 Å². The van der Waals surface area contributed by atoms with E-state index >= 15 is 0 Å². The Morgan fingerprint density at radius 1 is 1.17 bits per heavy atom. The van der Waals surface area contributed by atoms with E-state index < -0.39 is 5.41 Å². The highest BCUT2D eigenvalue weighted by Gasteiger charge is 2.57. The zero-order valence-electron chi connectivity index (χ0n) is 17.3. The number of hydrogen-bond donors (Lipinski definition) is 0. The van der Waals surface area contributed by atoms with E-state index in [1.54, 1.807) is 32.7 Å². The Balaban J connectivity index is 1.39. The van der Waals surface area contributed by atoms with Crippen LogP contribution in [0.1, 0.15) is 11.1 Å². The first-order valence-corrected chi connectivity index (χ1v) is 10.3. The van der Waals surface area contributed by atoms with Crippen molar-refractivity contribution in [2.75, 3.05) is 52.0 Å². The fourth-order valence-electron chi connectivity index (χ4n) is 5.02. The molecule has 3 aliphatic heterocycles. The van der Waals surface area contributed by atoms with Crippen molar-refractivity contribution in [2.45, 2.75) is 13.0 Å². The summed E-state index contributed by atoms with van der Waals surface area (Å²) in [6.07, 6.45) is 4.28. The predicted octanol–water partition coefficient (Wildman–Crippen LogP) is 1.53. The van der Waals surface area contributed by atoms with Crippen molar-refractivity contribution in [1.29, 1.82) is 0 Å². The lowest BCUT2D eigenvalue weighted by Gasteiger charge is -2.36. The highest BCUT2D eigenvalue weighted by Crippen LogP contribution is 2.44. The van der Waals surface area contributed by atoms with E-state index in [1.807, 2.05) is 17.0 Å². The molecule has 2 fully saturated rings. The molecule has 3 aliphatic rings. The van der Waals surface area contributed by atoms with Crippen molar-refractivity contribution >= 4 is 11.9 Å². The lowest BCUT2D eigenvalue weighted by Crippen LogP contribution is -2.50. The number of hydrogen-bond acceptors (Lipinski definition) is 7. The van der Waals surface area contributed by atoms with Crippen LogP contribution in [0, 0.1) is 11.3 Å². The summed E-state index contributed by atoms with van der Waals surface area (Å²) in [5, 5.41) is 0. The molecule has 0 unspecified atom stereocenters. The van der Waals surface area contributed by atoms with Crippen LogP contribution in [-0.4, -0.2) is 67.8 Å². The quantitative estimate of drug-likeness (QED) is 0.757. The van der Waals surface area contributed by atoms with Gasteiger partial charge in [-0.15, -0.1) is 0 Å². The van der Waals surface area contributed by atoms with Gasteiger partial charge in [-0.05, 0) is 35.7 Å². The summed E-state index contributed by atoms with van der Waals surface area (Å²) in [4.78, 5) is 26.6. The second kappa shape index (κ2) is 7.43. The Morgan fingerprint density at radius 3 is 2.63 bits per heavy atom. The largest absolute Gasteiger partial charge is 0.493 e. The first-order chi connectivity index (χ1) is 14.6. The SMILES string of the molecule is COc1cc2c(cc1OC)CN(C(=O)[C@@]13COC[C@@H]1CN(c1ncccn1)C3)CC2. The number of nitrogens with zero attached hydrogens (tertiary/aromatic N) is 4. The van der Waals surface area contributed by atoms with Gasteiger partial charge in [0.05, 0.1) is 32.8 Å². The van der Waals surface area contributed by atoms with Gasteiger partial charge < -0.3 is 24.0 Å². The number of amides is 1. The van der Waals surface area contributed by atoms with Gasteiger partial charge in [-0.1, -0.05) is 0 Å². The molecule has 30 heavy (non-hydrogen) atoms. The molecule has 2 saturated heterocycles. The minimum Gasteiger partial charge on any atom is -0.493 e. The van der Waals surface area contributed by atoms with Crippen molar-refractivity contribution in [3.05, 3.63) is 41.7 Å². The molecule has 0 N–H and O–H groups in total. The smallest absolute Gasteiger partial charge is 0.233 e. The molecule has 8 heteroatoms. The summed E-state index contributed by atoms with van der Waals surface area (Å²) >= 11 is 0. The van der Waals surface area contributed by atoms with Crippen LogP contribution in [0.3, 0.4) is 0 Å². The van der Waals surface area contributed by atoms with Crippen LogP contribution in [0.15, 0.2) is 30.6 Å². The van der Waals surface area contributed by atoms with Crippen LogP contribution in [0.25, 0.3) is 0 Å². The molecule has 1 aromatic carbocycles. The Bertz CT molecular complexity index is 954. The molecule has 2 atom stereocenters. The normalized spacial score (nSPS) is 25.1. The third-order valence-corrected chi connectivity index (χ3v) is 6.64. The molecule has 1 aromatic heterocycles. The van der Waals surface area contributed by atoms with Gasteiger partial charge in [0.15, 0.2) is 11.5 Å². The van der Waals surface area contributed by atoms with E-state index in [9.17, 15) is 4.79 Å². The van der Waals surface area contributed by atoms with Gasteiger partial charge in [0.1, 0.15) is 0 Å². The van der Waals surface area contributed by atoms with Crippen molar-refractivity contribution < 1.29 is 19.0 Å². The number of ether oxygens (including phenoxy) is 3. The van der Waals surface area contributed by atoms with Crippen LogP contribution >= 0.6 is 0 Å². The third kappa shape index (κ3) is 2.98. The fourth-order valence-corrected chi connectivity index (χ4v) is 5.02. The van der Waals surface area contributed by atoms with E-state index in [-0.39, 0.29) is 11.8 Å². The lowest BCUT2D eigenvalue weighted by molar-refractivity contribution is -0.143. The number of methoxy groups -OCH3 is 2. The fraction of sp³-hybridized carbons (Fsp3) is 0.500. The molecule has 0 aliphatic carbocycles. The molecule has 4 heterocycles. The summed E-state index contributed by atoms with van der Waals surface area (Å²) in [6, 6.07) is 5.82. The number of aromatic nitrogens is 2. The Labute approximate surface area is 175 Å². The predicted molar refractivity (Wildman–Crippen MR) is 110 cm³/mol. The summed E-state index contributed by atoms with van der Waals surface area (Å²) < 4.78 is 16.7. The molecule has 1 amide bonds. The summed E-state index contributed by atoms with van der Waals surface area (Å²) in [5.74, 6) is 2.43. The highest BCUT2D eigenvalue weighted by atomic mass is 16.5. The summed E-state index contributed by atoms with van der Waals surface area (Å²) in [7, 11) is 3.28. The second-order valence-electron chi connectivity index (χ2n) is 8.25. The molecule has 0 radical (unpaired) electrons. The number of rotatable bonds is 4. The van der Waals surface area contributed by atoms with Crippen molar-refractivity contribution in [1.82, 2.24) is 14.9 Å². The molecule has 2 aromatic rings. The summed E-state index contributed by atoms with van der Waals surface area (Å²) in [5.41, 5.74) is 1.78. The van der Waals surface area contributed by atoms with Gasteiger partial charge >= 0.3 is 0 Å². The summed E-state index contributed by atoms with van der Waals surface area (Å²) in [6.45, 7) is 3.66. The van der Waals surface area contributed by atoms with Gasteiger partial charge in [-0.2, -0.15) is 0 Å². The first-order valence-electron chi connectivity index (χ1n) is 10.3. The topological polar surface area (TPSA) is 77.0 Å². The van der Waals surface area contributed by atoms with Crippen LogP contribution in [0.5, 0.6) is 11.5 Å². The minimum atomic E-state index is -0.534. The van der Waals surface area contributed by atoms with Crippen molar-refractivity contribution in [2.24, 2.45) is 11.3 Å². The number of carbonyl (C=O) groups excluding carboxylic acids is 1. The van der Waals surface area contributed by atoms with Gasteiger partial charge in [0.25, 0.3) is 0 Å². The van der Waals surface area contributed by atoms with E-state index in [1.165, 1.54) is 5.56 Å². The molecule has 0 saturated carbocycles. The van der Waals surface area contributed by atoms with E-state index in [2.05, 4.69) is 14.9 Å². The highest BCUT2D eigenvalue weighted by molar-refractivity contribution is 5.85. The second-order valence-corrected chi connectivity index (χ2v) is 8.25. The maximum atomic E-state index is 13.8. The standard InChI is InChI=1S/C22H26N4O4/c1-28-18-8-15-4-7-25(10-16(15)9-19(18)29-2)20(27)22-13-26(11-17(22)12-30-14-22)21-23-5-3-6-24-21/h3,5-6,8-9,17H,4,7,10-14H2,1-2H3/t17-,22-/m0/s1. The zero-order valence-corrected chi connectivity index (χ0v) is 17.3. The molecule has 0 spiro atoms. The van der Waals surface area contributed by atoms with E-state index in [0.717, 1.165) is 24.3 Å². The molecule has 5 rings (SSSR count).